The zero-order chi connectivity index (χ0) is 17.4. The van der Waals surface area contributed by atoms with Crippen LogP contribution >= 0.6 is 11.3 Å². The fraction of sp³-hybridized carbons (Fsp3) is 0.353. The average molecular weight is 377 g/mol. The molecule has 3 aromatic rings. The van der Waals surface area contributed by atoms with E-state index >= 15 is 0 Å². The summed E-state index contributed by atoms with van der Waals surface area (Å²) < 4.78 is 33.9. The van der Waals surface area contributed by atoms with Crippen molar-refractivity contribution < 1.29 is 13.2 Å². The molecule has 2 aromatic heterocycles. The fourth-order valence-electron chi connectivity index (χ4n) is 3.09. The Morgan fingerprint density at radius 2 is 1.96 bits per heavy atom. The molecule has 132 valence electrons. The lowest BCUT2D eigenvalue weighted by molar-refractivity contribution is 0.0330. The topological polar surface area (TPSA) is 64.4 Å². The van der Waals surface area contributed by atoms with Gasteiger partial charge in [0.15, 0.2) is 0 Å². The molecule has 25 heavy (non-hydrogen) atoms. The van der Waals surface area contributed by atoms with Crippen LogP contribution in [0.1, 0.15) is 11.4 Å². The van der Waals surface area contributed by atoms with Gasteiger partial charge in [-0.05, 0) is 36.1 Å². The van der Waals surface area contributed by atoms with Crippen molar-refractivity contribution in [1.82, 2.24) is 13.9 Å². The maximum atomic E-state index is 13.3. The summed E-state index contributed by atoms with van der Waals surface area (Å²) in [7, 11) is -3.68. The van der Waals surface area contributed by atoms with Crippen molar-refractivity contribution in [3.8, 4) is 0 Å². The molecule has 1 aliphatic rings. The Morgan fingerprint density at radius 3 is 2.68 bits per heavy atom. The summed E-state index contributed by atoms with van der Waals surface area (Å²) in [4.78, 5) is 6.80. The van der Waals surface area contributed by atoms with Crippen molar-refractivity contribution >= 4 is 32.4 Å². The standard InChI is InChI=1S/C17H19N3O3S2/c1-13-6-11-24-17(13)25(21,22)20-15-5-3-2-4-14(15)18-16(20)12-19-7-9-23-10-8-19/h2-6,11H,7-10,12H2,1H3. The van der Waals surface area contributed by atoms with Crippen LogP contribution in [0.2, 0.25) is 0 Å². The molecule has 4 rings (SSSR count). The molecule has 0 spiro atoms. The van der Waals surface area contributed by atoms with Gasteiger partial charge in [-0.25, -0.2) is 8.96 Å². The third-order valence-electron chi connectivity index (χ3n) is 4.34. The first-order valence-electron chi connectivity index (χ1n) is 8.13. The predicted octanol–water partition coefficient (Wildman–Crippen LogP) is 2.48. The van der Waals surface area contributed by atoms with E-state index in [4.69, 9.17) is 4.74 Å². The minimum atomic E-state index is -3.68. The van der Waals surface area contributed by atoms with Crippen LogP contribution in [0, 0.1) is 6.92 Å². The molecule has 1 aromatic carbocycles. The van der Waals surface area contributed by atoms with Gasteiger partial charge in [0.05, 0.1) is 30.8 Å². The normalized spacial score (nSPS) is 16.5. The first-order chi connectivity index (χ1) is 12.1. The third-order valence-corrected chi connectivity index (χ3v) is 7.75. The highest BCUT2D eigenvalue weighted by molar-refractivity contribution is 7.92. The van der Waals surface area contributed by atoms with E-state index < -0.39 is 10.0 Å². The second kappa shape index (κ2) is 6.53. The number of imidazole rings is 1. The number of ether oxygens (including phenoxy) is 1. The largest absolute Gasteiger partial charge is 0.379 e. The average Bonchev–Trinajstić information content (AvgIpc) is 3.19. The predicted molar refractivity (Wildman–Crippen MR) is 97.5 cm³/mol. The highest BCUT2D eigenvalue weighted by atomic mass is 32.2. The maximum absolute atomic E-state index is 13.3. The summed E-state index contributed by atoms with van der Waals surface area (Å²) in [6.45, 7) is 5.20. The van der Waals surface area contributed by atoms with E-state index in [1.54, 1.807) is 0 Å². The number of aromatic nitrogens is 2. The molecule has 0 unspecified atom stereocenters. The molecule has 0 saturated carbocycles. The van der Waals surface area contributed by atoms with E-state index in [-0.39, 0.29) is 0 Å². The fourth-order valence-corrected chi connectivity index (χ4v) is 6.04. The van der Waals surface area contributed by atoms with Crippen LogP contribution in [0.5, 0.6) is 0 Å². The summed E-state index contributed by atoms with van der Waals surface area (Å²) in [5.74, 6) is 0.552. The number of para-hydroxylation sites is 2. The molecule has 0 amide bonds. The minimum absolute atomic E-state index is 0.374. The van der Waals surface area contributed by atoms with Gasteiger partial charge in [-0.3, -0.25) is 4.90 Å². The lowest BCUT2D eigenvalue weighted by Crippen LogP contribution is -2.36. The van der Waals surface area contributed by atoms with Crippen molar-refractivity contribution in [1.29, 1.82) is 0 Å². The zero-order valence-electron chi connectivity index (χ0n) is 13.9. The molecule has 0 radical (unpaired) electrons. The van der Waals surface area contributed by atoms with Gasteiger partial charge in [-0.1, -0.05) is 12.1 Å². The summed E-state index contributed by atoms with van der Waals surface area (Å²) in [5, 5.41) is 1.81. The van der Waals surface area contributed by atoms with Gasteiger partial charge in [-0.2, -0.15) is 8.42 Å². The molecular weight excluding hydrogens is 358 g/mol. The van der Waals surface area contributed by atoms with Gasteiger partial charge in [0, 0.05) is 13.1 Å². The lowest BCUT2D eigenvalue weighted by Gasteiger charge is -2.26. The SMILES string of the molecule is Cc1ccsc1S(=O)(=O)n1c(CN2CCOCC2)nc2ccccc21. The van der Waals surface area contributed by atoms with Gasteiger partial charge >= 0.3 is 0 Å². The monoisotopic (exact) mass is 377 g/mol. The molecule has 3 heterocycles. The van der Waals surface area contributed by atoms with Crippen LogP contribution in [0.4, 0.5) is 0 Å². The highest BCUT2D eigenvalue weighted by Crippen LogP contribution is 2.29. The Labute approximate surface area is 150 Å². The Kier molecular flexibility index (Phi) is 4.36. The second-order valence-electron chi connectivity index (χ2n) is 6.07. The summed E-state index contributed by atoms with van der Waals surface area (Å²) >= 11 is 1.25. The molecular formula is C17H19N3O3S2. The Morgan fingerprint density at radius 1 is 1.20 bits per heavy atom. The van der Waals surface area contributed by atoms with Gasteiger partial charge in [0.2, 0.25) is 0 Å². The molecule has 0 N–H and O–H groups in total. The molecule has 8 heteroatoms. The van der Waals surface area contributed by atoms with E-state index in [9.17, 15) is 8.42 Å². The van der Waals surface area contributed by atoms with Gasteiger partial charge in [0.1, 0.15) is 10.0 Å². The summed E-state index contributed by atoms with van der Waals surface area (Å²) in [6.07, 6.45) is 0. The number of fused-ring (bicyclic) bond motifs is 1. The number of morpholine rings is 1. The zero-order valence-corrected chi connectivity index (χ0v) is 15.5. The minimum Gasteiger partial charge on any atom is -0.379 e. The molecule has 6 nitrogen and oxygen atoms in total. The highest BCUT2D eigenvalue weighted by Gasteiger charge is 2.27. The van der Waals surface area contributed by atoms with Crippen LogP contribution in [-0.2, 0) is 21.3 Å². The van der Waals surface area contributed by atoms with Crippen molar-refractivity contribution in [2.75, 3.05) is 26.3 Å². The van der Waals surface area contributed by atoms with Crippen molar-refractivity contribution in [2.24, 2.45) is 0 Å². The van der Waals surface area contributed by atoms with Crippen molar-refractivity contribution in [3.05, 3.63) is 47.1 Å². The van der Waals surface area contributed by atoms with Crippen molar-refractivity contribution in [2.45, 2.75) is 17.7 Å². The quantitative estimate of drug-likeness (QED) is 0.699. The van der Waals surface area contributed by atoms with Crippen LogP contribution in [0.25, 0.3) is 11.0 Å². The van der Waals surface area contributed by atoms with Crippen LogP contribution in [-0.4, -0.2) is 48.6 Å². The molecule has 1 fully saturated rings. The number of hydrogen-bond donors (Lipinski definition) is 0. The van der Waals surface area contributed by atoms with Crippen LogP contribution < -0.4 is 0 Å². The van der Waals surface area contributed by atoms with Gasteiger partial charge in [0.25, 0.3) is 10.0 Å². The van der Waals surface area contributed by atoms with Crippen LogP contribution in [0.15, 0.2) is 39.9 Å². The van der Waals surface area contributed by atoms with E-state index in [0.29, 0.717) is 40.8 Å². The van der Waals surface area contributed by atoms with Crippen LogP contribution in [0.3, 0.4) is 0 Å². The Hall–Kier alpha value is -1.74. The molecule has 1 aliphatic heterocycles. The van der Waals surface area contributed by atoms with Gasteiger partial charge < -0.3 is 4.74 Å². The number of benzene rings is 1. The Bertz CT molecular complexity index is 1000. The number of rotatable bonds is 4. The molecule has 1 saturated heterocycles. The summed E-state index contributed by atoms with van der Waals surface area (Å²) in [6, 6.07) is 9.21. The molecule has 0 atom stereocenters. The van der Waals surface area contributed by atoms with E-state index in [1.165, 1.54) is 15.3 Å². The van der Waals surface area contributed by atoms with E-state index in [1.807, 2.05) is 42.6 Å². The van der Waals surface area contributed by atoms with Crippen molar-refractivity contribution in [3.63, 3.8) is 0 Å². The van der Waals surface area contributed by atoms with E-state index in [2.05, 4.69) is 9.88 Å². The number of nitrogens with zero attached hydrogens (tertiary/aromatic N) is 3. The second-order valence-corrected chi connectivity index (χ2v) is 8.96. The third kappa shape index (κ3) is 2.99. The first-order valence-corrected chi connectivity index (χ1v) is 10.5. The maximum Gasteiger partial charge on any atom is 0.279 e. The molecule has 0 bridgehead atoms. The number of hydrogen-bond acceptors (Lipinski definition) is 6. The summed E-state index contributed by atoms with van der Waals surface area (Å²) in [5.41, 5.74) is 2.09. The molecule has 0 aliphatic carbocycles. The smallest absolute Gasteiger partial charge is 0.279 e. The van der Waals surface area contributed by atoms with E-state index in [0.717, 1.165) is 18.7 Å². The lowest BCUT2D eigenvalue weighted by atomic mass is 10.3. The Balaban J connectivity index is 1.86. The number of thiophene rings is 1. The van der Waals surface area contributed by atoms with Gasteiger partial charge in [-0.15, -0.1) is 11.3 Å². The number of aryl methyl sites for hydroxylation is 1. The first kappa shape index (κ1) is 16.7.